The zero-order valence-corrected chi connectivity index (χ0v) is 23.7. The topological polar surface area (TPSA) is 38.7 Å². The van der Waals surface area contributed by atoms with Crippen LogP contribution in [-0.2, 0) is 5.41 Å². The summed E-state index contributed by atoms with van der Waals surface area (Å²) in [5.41, 5.74) is 3.30. The van der Waals surface area contributed by atoms with Crippen LogP contribution in [0.25, 0.3) is 42.9 Å². The van der Waals surface area contributed by atoms with Crippen LogP contribution in [0.5, 0.6) is 0 Å². The molecule has 0 saturated heterocycles. The van der Waals surface area contributed by atoms with Gasteiger partial charge < -0.3 is 0 Å². The van der Waals surface area contributed by atoms with Crippen molar-refractivity contribution in [1.82, 2.24) is 15.0 Å². The van der Waals surface area contributed by atoms with Crippen molar-refractivity contribution in [1.29, 1.82) is 0 Å². The van der Waals surface area contributed by atoms with Crippen molar-refractivity contribution in [2.45, 2.75) is 37.5 Å². The predicted octanol–water partition coefficient (Wildman–Crippen LogP) is 9.32. The Bertz CT molecular complexity index is 1820. The number of benzene rings is 4. The molecule has 2 aromatic heterocycles. The highest BCUT2D eigenvalue weighted by Gasteiger charge is 2.60. The van der Waals surface area contributed by atoms with Crippen molar-refractivity contribution < 1.29 is 0 Å². The number of rotatable bonds is 4. The summed E-state index contributed by atoms with van der Waals surface area (Å²) in [6.07, 6.45) is 6.54. The van der Waals surface area contributed by atoms with E-state index in [1.807, 2.05) is 11.3 Å². The first-order valence-corrected chi connectivity index (χ1v) is 15.9. The lowest BCUT2D eigenvalue weighted by Crippen LogP contribution is -2.57. The Morgan fingerprint density at radius 2 is 1.10 bits per heavy atom. The molecular weight excluding hydrogens is 518 g/mol. The zero-order chi connectivity index (χ0) is 27.0. The molecule has 10 rings (SSSR count). The molecule has 0 N–H and O–H groups in total. The van der Waals surface area contributed by atoms with Crippen molar-refractivity contribution in [2.24, 2.45) is 23.7 Å². The molecule has 41 heavy (non-hydrogen) atoms. The number of thiophene rings is 1. The molecule has 4 saturated carbocycles. The van der Waals surface area contributed by atoms with Crippen LogP contribution in [0.15, 0.2) is 103 Å². The summed E-state index contributed by atoms with van der Waals surface area (Å²) in [6, 6.07) is 37.1. The molecular formula is C37H31N3S. The third-order valence-electron chi connectivity index (χ3n) is 10.3. The molecule has 4 aliphatic carbocycles. The molecule has 0 radical (unpaired) electrons. The standard InChI is InChI=1S/C37H31N3S/c1-3-9-25(10-4-1)34-38-35(26-11-5-2-6-12-26)40-36(39-34)37(28-18-23-17-24(20-28)21-29(37)19-23)27-15-16-33-31(22-27)30-13-7-8-14-32(30)41-33/h1-16,22-24,28-29H,17-21H2. The van der Waals surface area contributed by atoms with E-state index in [1.165, 1.54) is 57.8 Å². The zero-order valence-electron chi connectivity index (χ0n) is 22.9. The Morgan fingerprint density at radius 3 is 1.73 bits per heavy atom. The molecule has 6 aromatic rings. The van der Waals surface area contributed by atoms with E-state index in [1.54, 1.807) is 0 Å². The highest BCUT2D eigenvalue weighted by Crippen LogP contribution is 2.65. The fourth-order valence-corrected chi connectivity index (χ4v) is 9.96. The quantitative estimate of drug-likeness (QED) is 0.220. The van der Waals surface area contributed by atoms with Crippen LogP contribution in [-0.4, -0.2) is 15.0 Å². The number of hydrogen-bond donors (Lipinski definition) is 0. The van der Waals surface area contributed by atoms with Crippen LogP contribution in [0.1, 0.15) is 43.5 Å². The van der Waals surface area contributed by atoms with Crippen molar-refractivity contribution in [3.05, 3.63) is 115 Å². The van der Waals surface area contributed by atoms with E-state index in [0.717, 1.165) is 40.4 Å². The van der Waals surface area contributed by atoms with Crippen LogP contribution in [0.2, 0.25) is 0 Å². The van der Waals surface area contributed by atoms with Crippen molar-refractivity contribution in [2.75, 3.05) is 0 Å². The van der Waals surface area contributed by atoms with Gasteiger partial charge in [0.1, 0.15) is 5.82 Å². The van der Waals surface area contributed by atoms with E-state index >= 15 is 0 Å². The Kier molecular flexibility index (Phi) is 5.25. The van der Waals surface area contributed by atoms with Gasteiger partial charge in [-0.1, -0.05) is 84.9 Å². The first-order valence-electron chi connectivity index (χ1n) is 15.0. The van der Waals surface area contributed by atoms with Crippen LogP contribution >= 0.6 is 11.3 Å². The van der Waals surface area contributed by atoms with E-state index in [9.17, 15) is 0 Å². The largest absolute Gasteiger partial charge is 0.212 e. The lowest BCUT2D eigenvalue weighted by molar-refractivity contribution is -0.0453. The van der Waals surface area contributed by atoms with Crippen LogP contribution in [0, 0.1) is 23.7 Å². The van der Waals surface area contributed by atoms with Gasteiger partial charge in [-0.25, -0.2) is 15.0 Å². The molecule has 0 spiro atoms. The van der Waals surface area contributed by atoms with Crippen molar-refractivity contribution in [3.63, 3.8) is 0 Å². The fourth-order valence-electron chi connectivity index (χ4n) is 8.87. The first kappa shape index (κ1) is 23.8. The minimum absolute atomic E-state index is 0.208. The van der Waals surface area contributed by atoms with E-state index < -0.39 is 0 Å². The number of nitrogens with zero attached hydrogens (tertiary/aromatic N) is 3. The minimum Gasteiger partial charge on any atom is -0.212 e. The number of hydrogen-bond acceptors (Lipinski definition) is 4. The summed E-state index contributed by atoms with van der Waals surface area (Å²) < 4.78 is 2.72. The highest BCUT2D eigenvalue weighted by molar-refractivity contribution is 7.25. The lowest BCUT2D eigenvalue weighted by atomic mass is 9.43. The van der Waals surface area contributed by atoms with E-state index in [0.29, 0.717) is 11.8 Å². The Balaban J connectivity index is 1.33. The van der Waals surface area contributed by atoms with Crippen molar-refractivity contribution in [3.8, 4) is 22.8 Å². The average Bonchev–Trinajstić information content (AvgIpc) is 3.40. The maximum Gasteiger partial charge on any atom is 0.163 e. The van der Waals surface area contributed by atoms with Gasteiger partial charge >= 0.3 is 0 Å². The Labute approximate surface area is 244 Å². The van der Waals surface area contributed by atoms with Gasteiger partial charge in [-0.15, -0.1) is 11.3 Å². The molecule has 4 heteroatoms. The molecule has 0 amide bonds. The third-order valence-corrected chi connectivity index (χ3v) is 11.5. The van der Waals surface area contributed by atoms with Gasteiger partial charge in [-0.05, 0) is 79.5 Å². The van der Waals surface area contributed by atoms with E-state index in [4.69, 9.17) is 15.0 Å². The maximum absolute atomic E-state index is 5.43. The van der Waals surface area contributed by atoms with Gasteiger partial charge in [-0.2, -0.15) is 0 Å². The van der Waals surface area contributed by atoms with Gasteiger partial charge in [0.25, 0.3) is 0 Å². The van der Waals surface area contributed by atoms with E-state index in [2.05, 4.69) is 103 Å². The molecule has 0 atom stereocenters. The van der Waals surface area contributed by atoms with Gasteiger partial charge in [-0.3, -0.25) is 0 Å². The fraction of sp³-hybridized carbons (Fsp3) is 0.270. The van der Waals surface area contributed by atoms with Crippen LogP contribution in [0.4, 0.5) is 0 Å². The van der Waals surface area contributed by atoms with Gasteiger partial charge in [0, 0.05) is 31.3 Å². The second kappa shape index (κ2) is 9.06. The van der Waals surface area contributed by atoms with E-state index in [-0.39, 0.29) is 5.41 Å². The lowest BCUT2D eigenvalue weighted by Gasteiger charge is -2.60. The SMILES string of the molecule is c1ccc(-c2nc(-c3ccccc3)nc(C3(c4ccc5sc6ccccc6c5c4)C4CC5CC(C4)CC3C5)n2)cc1. The molecule has 4 fully saturated rings. The Hall–Kier alpha value is -3.89. The third kappa shape index (κ3) is 3.59. The molecule has 4 aliphatic rings. The van der Waals surface area contributed by atoms with Gasteiger partial charge in [0.05, 0.1) is 5.41 Å². The molecule has 4 aromatic carbocycles. The number of fused-ring (bicyclic) bond motifs is 3. The summed E-state index contributed by atoms with van der Waals surface area (Å²) in [4.78, 5) is 15.9. The van der Waals surface area contributed by atoms with Crippen LogP contribution in [0.3, 0.4) is 0 Å². The highest BCUT2D eigenvalue weighted by atomic mass is 32.1. The second-order valence-corrected chi connectivity index (χ2v) is 13.6. The Morgan fingerprint density at radius 1 is 0.537 bits per heavy atom. The van der Waals surface area contributed by atoms with Crippen molar-refractivity contribution >= 4 is 31.5 Å². The van der Waals surface area contributed by atoms with Gasteiger partial charge in [0.15, 0.2) is 11.6 Å². The second-order valence-electron chi connectivity index (χ2n) is 12.5. The average molecular weight is 550 g/mol. The molecule has 200 valence electrons. The summed E-state index contributed by atoms with van der Waals surface area (Å²) in [5.74, 6) is 5.35. The molecule has 0 aliphatic heterocycles. The monoisotopic (exact) mass is 549 g/mol. The molecule has 4 bridgehead atoms. The summed E-state index contributed by atoms with van der Waals surface area (Å²) in [7, 11) is 0. The number of aromatic nitrogens is 3. The van der Waals surface area contributed by atoms with Crippen LogP contribution < -0.4 is 0 Å². The summed E-state index contributed by atoms with van der Waals surface area (Å²) in [6.45, 7) is 0. The molecule has 0 unspecified atom stereocenters. The maximum atomic E-state index is 5.43. The molecule has 2 heterocycles. The predicted molar refractivity (Wildman–Crippen MR) is 168 cm³/mol. The normalized spacial score (nSPS) is 26.6. The summed E-state index contributed by atoms with van der Waals surface area (Å²) in [5, 5.41) is 2.73. The van der Waals surface area contributed by atoms with Gasteiger partial charge in [0.2, 0.25) is 0 Å². The smallest absolute Gasteiger partial charge is 0.163 e. The minimum atomic E-state index is -0.208. The summed E-state index contributed by atoms with van der Waals surface area (Å²) >= 11 is 1.90. The first-order chi connectivity index (χ1) is 20.3. The molecule has 3 nitrogen and oxygen atoms in total.